The van der Waals surface area contributed by atoms with E-state index in [1.165, 1.54) is 7.11 Å². The van der Waals surface area contributed by atoms with Gasteiger partial charge in [0, 0.05) is 25.6 Å². The van der Waals surface area contributed by atoms with Gasteiger partial charge in [-0.2, -0.15) is 0 Å². The molecule has 1 amide bonds. The number of ketones is 1. The molecule has 0 bridgehead atoms. The van der Waals surface area contributed by atoms with Crippen LogP contribution in [0.25, 0.3) is 0 Å². The topological polar surface area (TPSA) is 90.9 Å². The molecular formula is C16H21NO6. The first-order valence-electron chi connectivity index (χ1n) is 7.24. The van der Waals surface area contributed by atoms with Gasteiger partial charge in [-0.3, -0.25) is 9.59 Å². The highest BCUT2D eigenvalue weighted by Crippen LogP contribution is 2.13. The maximum absolute atomic E-state index is 11.5. The van der Waals surface area contributed by atoms with Gasteiger partial charge in [-0.05, 0) is 24.3 Å². The molecule has 0 aromatic heterocycles. The monoisotopic (exact) mass is 323 g/mol. The summed E-state index contributed by atoms with van der Waals surface area (Å²) in [5.74, 6) is -0.576. The van der Waals surface area contributed by atoms with E-state index in [-0.39, 0.29) is 19.0 Å². The van der Waals surface area contributed by atoms with E-state index in [9.17, 15) is 14.4 Å². The fraction of sp³-hybridized carbons (Fsp3) is 0.438. The van der Waals surface area contributed by atoms with Gasteiger partial charge in [0.2, 0.25) is 0 Å². The zero-order valence-electron chi connectivity index (χ0n) is 13.3. The number of rotatable bonds is 10. The number of Topliss-reactive ketones (excluding diaryl/α,β-unsaturated/α-hetero) is 1. The van der Waals surface area contributed by atoms with Gasteiger partial charge in [-0.1, -0.05) is 6.92 Å². The number of hydrogen-bond acceptors (Lipinski definition) is 6. The van der Waals surface area contributed by atoms with Gasteiger partial charge in [-0.25, -0.2) is 4.79 Å². The first kappa shape index (κ1) is 18.6. The van der Waals surface area contributed by atoms with Gasteiger partial charge >= 0.3 is 5.97 Å². The van der Waals surface area contributed by atoms with Gasteiger partial charge in [0.05, 0.1) is 6.61 Å². The lowest BCUT2D eigenvalue weighted by Gasteiger charge is -2.08. The van der Waals surface area contributed by atoms with Crippen LogP contribution in [0, 0.1) is 0 Å². The van der Waals surface area contributed by atoms with E-state index in [1.807, 2.05) is 0 Å². The Balaban J connectivity index is 2.27. The van der Waals surface area contributed by atoms with Gasteiger partial charge in [0.1, 0.15) is 5.75 Å². The highest BCUT2D eigenvalue weighted by Gasteiger charge is 2.09. The Morgan fingerprint density at radius 1 is 1.09 bits per heavy atom. The van der Waals surface area contributed by atoms with Crippen molar-refractivity contribution < 1.29 is 28.6 Å². The molecule has 0 aliphatic carbocycles. The van der Waals surface area contributed by atoms with Crippen molar-refractivity contribution in [2.24, 2.45) is 0 Å². The average molecular weight is 323 g/mol. The van der Waals surface area contributed by atoms with Crippen LogP contribution in [-0.4, -0.2) is 51.1 Å². The summed E-state index contributed by atoms with van der Waals surface area (Å²) in [6.07, 6.45) is 0.430. The predicted octanol–water partition coefficient (Wildman–Crippen LogP) is 0.964. The van der Waals surface area contributed by atoms with E-state index in [1.54, 1.807) is 31.2 Å². The van der Waals surface area contributed by atoms with Crippen LogP contribution in [0.1, 0.15) is 23.7 Å². The third-order valence-electron chi connectivity index (χ3n) is 2.85. The SMILES string of the molecule is CCC(=O)c1ccc(OCC(=O)OCC(=O)NCCOC)cc1. The molecule has 0 aliphatic heterocycles. The van der Waals surface area contributed by atoms with Gasteiger partial charge < -0.3 is 19.5 Å². The summed E-state index contributed by atoms with van der Waals surface area (Å²) in [7, 11) is 1.52. The van der Waals surface area contributed by atoms with E-state index in [0.29, 0.717) is 30.9 Å². The number of carbonyl (C=O) groups is 3. The molecule has 126 valence electrons. The Kier molecular flexibility index (Phi) is 8.38. The molecule has 0 heterocycles. The Bertz CT molecular complexity index is 526. The normalized spacial score (nSPS) is 10.0. The predicted molar refractivity (Wildman–Crippen MR) is 82.4 cm³/mol. The van der Waals surface area contributed by atoms with Crippen molar-refractivity contribution in [2.45, 2.75) is 13.3 Å². The number of benzene rings is 1. The van der Waals surface area contributed by atoms with E-state index >= 15 is 0 Å². The van der Waals surface area contributed by atoms with Crippen LogP contribution >= 0.6 is 0 Å². The molecule has 7 heteroatoms. The van der Waals surface area contributed by atoms with Crippen molar-refractivity contribution in [3.63, 3.8) is 0 Å². The van der Waals surface area contributed by atoms with Crippen molar-refractivity contribution in [1.29, 1.82) is 0 Å². The quantitative estimate of drug-likeness (QED) is 0.392. The van der Waals surface area contributed by atoms with Gasteiger partial charge in [0.25, 0.3) is 5.91 Å². The minimum atomic E-state index is -0.652. The van der Waals surface area contributed by atoms with Crippen LogP contribution in [0.15, 0.2) is 24.3 Å². The van der Waals surface area contributed by atoms with E-state index in [4.69, 9.17) is 14.2 Å². The molecule has 0 saturated heterocycles. The Morgan fingerprint density at radius 2 is 1.78 bits per heavy atom. The number of amides is 1. The molecule has 0 spiro atoms. The van der Waals surface area contributed by atoms with Crippen molar-refractivity contribution in [3.05, 3.63) is 29.8 Å². The van der Waals surface area contributed by atoms with Gasteiger partial charge in [-0.15, -0.1) is 0 Å². The number of esters is 1. The first-order chi connectivity index (χ1) is 11.1. The van der Waals surface area contributed by atoms with E-state index in [2.05, 4.69) is 5.32 Å². The molecule has 1 aromatic carbocycles. The summed E-state index contributed by atoms with van der Waals surface area (Å²) in [4.78, 5) is 34.2. The lowest BCUT2D eigenvalue weighted by Crippen LogP contribution is -2.32. The summed E-state index contributed by atoms with van der Waals surface area (Å²) in [6, 6.07) is 6.48. The van der Waals surface area contributed by atoms with Crippen LogP contribution in [-0.2, 0) is 19.1 Å². The zero-order chi connectivity index (χ0) is 17.1. The maximum atomic E-state index is 11.5. The lowest BCUT2D eigenvalue weighted by atomic mass is 10.1. The number of methoxy groups -OCH3 is 1. The van der Waals surface area contributed by atoms with Crippen molar-refractivity contribution in [1.82, 2.24) is 5.32 Å². The highest BCUT2D eigenvalue weighted by atomic mass is 16.6. The molecule has 1 rings (SSSR count). The molecular weight excluding hydrogens is 302 g/mol. The second-order valence-corrected chi connectivity index (χ2v) is 4.59. The first-order valence-corrected chi connectivity index (χ1v) is 7.24. The van der Waals surface area contributed by atoms with Crippen LogP contribution in [0.2, 0.25) is 0 Å². The Labute approximate surface area is 134 Å². The molecule has 0 radical (unpaired) electrons. The molecule has 0 saturated carbocycles. The highest BCUT2D eigenvalue weighted by molar-refractivity contribution is 5.95. The number of ether oxygens (including phenoxy) is 3. The summed E-state index contributed by atoms with van der Waals surface area (Å²) in [6.45, 7) is 1.85. The maximum Gasteiger partial charge on any atom is 0.344 e. The molecule has 0 atom stereocenters. The minimum absolute atomic E-state index is 0.0374. The molecule has 0 fully saturated rings. The third-order valence-corrected chi connectivity index (χ3v) is 2.85. The average Bonchev–Trinajstić information content (AvgIpc) is 2.58. The largest absolute Gasteiger partial charge is 0.482 e. The Morgan fingerprint density at radius 3 is 2.39 bits per heavy atom. The van der Waals surface area contributed by atoms with Crippen LogP contribution < -0.4 is 10.1 Å². The molecule has 23 heavy (non-hydrogen) atoms. The zero-order valence-corrected chi connectivity index (χ0v) is 13.3. The smallest absolute Gasteiger partial charge is 0.344 e. The number of nitrogens with one attached hydrogen (secondary N) is 1. The second kappa shape index (κ2) is 10.3. The van der Waals surface area contributed by atoms with Crippen molar-refractivity contribution in [3.8, 4) is 5.75 Å². The third kappa shape index (κ3) is 7.42. The standard InChI is InChI=1S/C16H21NO6/c1-3-14(18)12-4-6-13(7-5-12)22-11-16(20)23-10-15(19)17-8-9-21-2/h4-7H,3,8-11H2,1-2H3,(H,17,19). The molecule has 1 N–H and O–H groups in total. The number of carbonyl (C=O) groups excluding carboxylic acids is 3. The lowest BCUT2D eigenvalue weighted by molar-refractivity contribution is -0.150. The number of hydrogen-bond donors (Lipinski definition) is 1. The summed E-state index contributed by atoms with van der Waals surface area (Å²) in [5.41, 5.74) is 0.593. The molecule has 7 nitrogen and oxygen atoms in total. The van der Waals surface area contributed by atoms with Gasteiger partial charge in [0.15, 0.2) is 19.0 Å². The fourth-order valence-electron chi connectivity index (χ4n) is 1.61. The van der Waals surface area contributed by atoms with Crippen LogP contribution in [0.4, 0.5) is 0 Å². The van der Waals surface area contributed by atoms with E-state index < -0.39 is 11.9 Å². The molecule has 0 aliphatic rings. The van der Waals surface area contributed by atoms with E-state index in [0.717, 1.165) is 0 Å². The Hall–Kier alpha value is -2.41. The summed E-state index contributed by atoms with van der Waals surface area (Å²) >= 11 is 0. The summed E-state index contributed by atoms with van der Waals surface area (Å²) in [5, 5.41) is 2.52. The minimum Gasteiger partial charge on any atom is -0.482 e. The fourth-order valence-corrected chi connectivity index (χ4v) is 1.61. The van der Waals surface area contributed by atoms with Crippen molar-refractivity contribution >= 4 is 17.7 Å². The summed E-state index contributed by atoms with van der Waals surface area (Å²) < 4.78 is 14.8. The molecule has 1 aromatic rings. The van der Waals surface area contributed by atoms with Crippen LogP contribution in [0.5, 0.6) is 5.75 Å². The second-order valence-electron chi connectivity index (χ2n) is 4.59. The van der Waals surface area contributed by atoms with Crippen LogP contribution in [0.3, 0.4) is 0 Å². The van der Waals surface area contributed by atoms with Crippen molar-refractivity contribution in [2.75, 3.05) is 33.5 Å². The molecule has 0 unspecified atom stereocenters.